The van der Waals surface area contributed by atoms with Gasteiger partial charge in [-0.15, -0.1) is 0 Å². The van der Waals surface area contributed by atoms with Crippen LogP contribution in [0, 0.1) is 18.6 Å². The van der Waals surface area contributed by atoms with Crippen LogP contribution in [0.1, 0.15) is 18.1 Å². The number of anilines is 1. The normalized spacial score (nSPS) is 13.5. The van der Waals surface area contributed by atoms with E-state index in [4.69, 9.17) is 0 Å². The van der Waals surface area contributed by atoms with E-state index in [0.29, 0.717) is 11.8 Å². The van der Waals surface area contributed by atoms with Gasteiger partial charge < -0.3 is 10.4 Å². The van der Waals surface area contributed by atoms with Gasteiger partial charge in [0, 0.05) is 17.3 Å². The number of carbonyl (C=O) groups is 1. The van der Waals surface area contributed by atoms with E-state index in [1.165, 1.54) is 6.92 Å². The maximum absolute atomic E-state index is 14.0. The molecule has 2 aromatic carbocycles. The molecule has 1 unspecified atom stereocenters. The fourth-order valence-electron chi connectivity index (χ4n) is 2.11. The molecule has 0 aromatic heterocycles. The maximum atomic E-state index is 14.0. The van der Waals surface area contributed by atoms with E-state index >= 15 is 0 Å². The number of hydrogen-bond donors (Lipinski definition) is 2. The van der Waals surface area contributed by atoms with Crippen molar-refractivity contribution in [2.24, 2.45) is 0 Å². The van der Waals surface area contributed by atoms with Crippen molar-refractivity contribution in [3.05, 3.63) is 65.2 Å². The van der Waals surface area contributed by atoms with Crippen LogP contribution >= 0.6 is 0 Å². The van der Waals surface area contributed by atoms with Crippen LogP contribution in [0.25, 0.3) is 0 Å². The Hall–Kier alpha value is -2.43. The third-order valence-electron chi connectivity index (χ3n) is 3.43. The van der Waals surface area contributed by atoms with E-state index in [1.807, 2.05) is 19.1 Å². The third-order valence-corrected chi connectivity index (χ3v) is 3.43. The van der Waals surface area contributed by atoms with Gasteiger partial charge in [0.05, 0.1) is 0 Å². The summed E-state index contributed by atoms with van der Waals surface area (Å²) in [5.41, 5.74) is -0.428. The Balaban J connectivity index is 2.51. The number of nitrogens with one attached hydrogen (secondary N) is 1. The molecule has 5 heteroatoms. The molecule has 0 spiro atoms. The predicted molar refractivity (Wildman–Crippen MR) is 76.1 cm³/mol. The number of para-hydroxylation sites is 1. The van der Waals surface area contributed by atoms with Crippen LogP contribution in [-0.2, 0) is 10.3 Å². The highest BCUT2D eigenvalue weighted by molar-refractivity contribution is 5.84. The lowest BCUT2D eigenvalue weighted by Gasteiger charge is -2.29. The van der Waals surface area contributed by atoms with E-state index in [2.05, 4.69) is 5.32 Å². The lowest BCUT2D eigenvalue weighted by molar-refractivity contribution is -0.142. The van der Waals surface area contributed by atoms with Crippen molar-refractivity contribution in [3.63, 3.8) is 0 Å². The van der Waals surface area contributed by atoms with Crippen LogP contribution in [0.2, 0.25) is 0 Å². The highest BCUT2D eigenvalue weighted by Crippen LogP contribution is 2.30. The zero-order valence-electron chi connectivity index (χ0n) is 11.7. The van der Waals surface area contributed by atoms with E-state index in [1.54, 1.807) is 12.1 Å². The van der Waals surface area contributed by atoms with Crippen molar-refractivity contribution in [3.8, 4) is 0 Å². The summed E-state index contributed by atoms with van der Waals surface area (Å²) < 4.78 is 27.0. The van der Waals surface area contributed by atoms with Gasteiger partial charge >= 0.3 is 5.97 Å². The van der Waals surface area contributed by atoms with Gasteiger partial charge in [-0.25, -0.2) is 13.6 Å². The lowest BCUT2D eigenvalue weighted by Crippen LogP contribution is -2.41. The lowest BCUT2D eigenvalue weighted by atomic mass is 9.90. The molecule has 21 heavy (non-hydrogen) atoms. The minimum absolute atomic E-state index is 0.125. The van der Waals surface area contributed by atoms with Gasteiger partial charge in [0.25, 0.3) is 0 Å². The van der Waals surface area contributed by atoms with Gasteiger partial charge in [-0.05, 0) is 31.5 Å². The first-order valence-corrected chi connectivity index (χ1v) is 6.37. The summed E-state index contributed by atoms with van der Waals surface area (Å²) in [5, 5.41) is 12.3. The Labute approximate surface area is 121 Å². The smallest absolute Gasteiger partial charge is 0.333 e. The number of benzene rings is 2. The Morgan fingerprint density at radius 3 is 2.43 bits per heavy atom. The summed E-state index contributed by atoms with van der Waals surface area (Å²) in [5.74, 6) is -2.91. The molecule has 0 amide bonds. The van der Waals surface area contributed by atoms with E-state index in [-0.39, 0.29) is 5.56 Å². The van der Waals surface area contributed by atoms with Crippen LogP contribution in [0.3, 0.4) is 0 Å². The second kappa shape index (κ2) is 5.52. The molecule has 0 aliphatic heterocycles. The monoisotopic (exact) mass is 291 g/mol. The summed E-state index contributed by atoms with van der Waals surface area (Å²) in [6.07, 6.45) is 0. The van der Waals surface area contributed by atoms with Crippen molar-refractivity contribution in [1.29, 1.82) is 0 Å². The van der Waals surface area contributed by atoms with Crippen molar-refractivity contribution in [1.82, 2.24) is 0 Å². The molecule has 0 radical (unpaired) electrons. The SMILES string of the molecule is Cc1ccccc1NC(C)(C(=O)O)c1ccc(F)cc1F. The zero-order chi connectivity index (χ0) is 15.6. The number of aliphatic carboxylic acids is 1. The minimum atomic E-state index is -1.70. The number of aryl methyl sites for hydroxylation is 1. The molecule has 0 saturated heterocycles. The van der Waals surface area contributed by atoms with E-state index in [9.17, 15) is 18.7 Å². The minimum Gasteiger partial charge on any atom is -0.479 e. The van der Waals surface area contributed by atoms with Crippen LogP contribution < -0.4 is 5.32 Å². The van der Waals surface area contributed by atoms with Gasteiger partial charge in [0.15, 0.2) is 5.54 Å². The van der Waals surface area contributed by atoms with Crippen molar-refractivity contribution >= 4 is 11.7 Å². The third kappa shape index (κ3) is 2.86. The molecule has 0 fully saturated rings. The summed E-state index contributed by atoms with van der Waals surface area (Å²) in [4.78, 5) is 11.7. The molecule has 2 aromatic rings. The topological polar surface area (TPSA) is 49.3 Å². The average molecular weight is 291 g/mol. The summed E-state index contributed by atoms with van der Waals surface area (Å²) in [6, 6.07) is 9.94. The molecular formula is C16H15F2NO2. The van der Waals surface area contributed by atoms with Gasteiger partial charge in [0.2, 0.25) is 0 Å². The average Bonchev–Trinajstić information content (AvgIpc) is 2.41. The first-order chi connectivity index (χ1) is 9.84. The van der Waals surface area contributed by atoms with Crippen LogP contribution in [0.15, 0.2) is 42.5 Å². The molecular weight excluding hydrogens is 276 g/mol. The predicted octanol–water partition coefficient (Wildman–Crippen LogP) is 3.69. The number of carboxylic acid groups (broad SMARTS) is 1. The quantitative estimate of drug-likeness (QED) is 0.903. The number of carboxylic acids is 1. The highest BCUT2D eigenvalue weighted by atomic mass is 19.1. The molecule has 2 rings (SSSR count). The first-order valence-electron chi connectivity index (χ1n) is 6.37. The Bertz CT molecular complexity index is 688. The molecule has 2 N–H and O–H groups in total. The van der Waals surface area contributed by atoms with Crippen molar-refractivity contribution < 1.29 is 18.7 Å². The summed E-state index contributed by atoms with van der Waals surface area (Å²) >= 11 is 0. The molecule has 110 valence electrons. The summed E-state index contributed by atoms with van der Waals surface area (Å²) in [6.45, 7) is 3.16. The molecule has 0 saturated carbocycles. The second-order valence-electron chi connectivity index (χ2n) is 4.99. The maximum Gasteiger partial charge on any atom is 0.333 e. The number of halogens is 2. The number of hydrogen-bond acceptors (Lipinski definition) is 2. The molecule has 1 atom stereocenters. The summed E-state index contributed by atoms with van der Waals surface area (Å²) in [7, 11) is 0. The molecule has 0 aliphatic carbocycles. The van der Waals surface area contributed by atoms with Gasteiger partial charge in [-0.3, -0.25) is 0 Å². The fourth-order valence-corrected chi connectivity index (χ4v) is 2.11. The zero-order valence-corrected chi connectivity index (χ0v) is 11.7. The highest BCUT2D eigenvalue weighted by Gasteiger charge is 2.38. The largest absolute Gasteiger partial charge is 0.479 e. The first kappa shape index (κ1) is 15.0. The molecule has 0 heterocycles. The van der Waals surface area contributed by atoms with Crippen LogP contribution in [0.4, 0.5) is 14.5 Å². The fraction of sp³-hybridized carbons (Fsp3) is 0.188. The van der Waals surface area contributed by atoms with E-state index in [0.717, 1.165) is 17.7 Å². The Morgan fingerprint density at radius 1 is 1.19 bits per heavy atom. The van der Waals surface area contributed by atoms with Crippen molar-refractivity contribution in [2.75, 3.05) is 5.32 Å². The van der Waals surface area contributed by atoms with Gasteiger partial charge in [0.1, 0.15) is 11.6 Å². The van der Waals surface area contributed by atoms with Crippen LogP contribution in [-0.4, -0.2) is 11.1 Å². The van der Waals surface area contributed by atoms with Crippen molar-refractivity contribution in [2.45, 2.75) is 19.4 Å². The van der Waals surface area contributed by atoms with Gasteiger partial charge in [-0.2, -0.15) is 0 Å². The van der Waals surface area contributed by atoms with Gasteiger partial charge in [-0.1, -0.05) is 24.3 Å². The second-order valence-corrected chi connectivity index (χ2v) is 4.99. The molecule has 0 bridgehead atoms. The number of rotatable bonds is 4. The van der Waals surface area contributed by atoms with Crippen LogP contribution in [0.5, 0.6) is 0 Å². The Kier molecular flexibility index (Phi) is 3.93. The standard InChI is InChI=1S/C16H15F2NO2/c1-10-5-3-4-6-14(10)19-16(2,15(20)21)12-8-7-11(17)9-13(12)18/h3-9,19H,1-2H3,(H,20,21). The van der Waals surface area contributed by atoms with E-state index < -0.39 is 23.1 Å². The Morgan fingerprint density at radius 2 is 1.86 bits per heavy atom. The molecule has 0 aliphatic rings. The molecule has 3 nitrogen and oxygen atoms in total.